The monoisotopic (exact) mass is 1190 g/mol. The van der Waals surface area contributed by atoms with Crippen LogP contribution in [0.1, 0.15) is 185 Å². The summed E-state index contributed by atoms with van der Waals surface area (Å²) in [5.74, 6) is 7.41. The van der Waals surface area contributed by atoms with Crippen LogP contribution in [0.3, 0.4) is 0 Å². The van der Waals surface area contributed by atoms with Crippen molar-refractivity contribution < 1.29 is 19.4 Å². The fourth-order valence-corrected chi connectivity index (χ4v) is 14.5. The molecule has 87 heavy (non-hydrogen) atoms. The molecule has 10 aromatic rings. The van der Waals surface area contributed by atoms with Crippen LogP contribution < -0.4 is 14.4 Å². The Bertz CT molecular complexity index is 3850. The number of ether oxygens (including phenoxy) is 2. The highest BCUT2D eigenvalue weighted by Gasteiger charge is 2.49. The van der Waals surface area contributed by atoms with E-state index in [0.29, 0.717) is 13.2 Å². The van der Waals surface area contributed by atoms with Crippen molar-refractivity contribution in [3.8, 4) is 44.2 Å². The molecule has 0 spiro atoms. The third kappa shape index (κ3) is 13.4. The van der Waals surface area contributed by atoms with Gasteiger partial charge in [0.1, 0.15) is 22.5 Å². The number of rotatable bonds is 29. The molecule has 2 aromatic heterocycles. The lowest BCUT2D eigenvalue weighted by Crippen LogP contribution is -2.29. The molecule has 0 fully saturated rings. The van der Waals surface area contributed by atoms with Crippen molar-refractivity contribution in [1.29, 1.82) is 0 Å². The molecule has 0 unspecified atom stereocenters. The van der Waals surface area contributed by atoms with Gasteiger partial charge in [0.15, 0.2) is 0 Å². The van der Waals surface area contributed by atoms with Gasteiger partial charge in [-0.1, -0.05) is 189 Å². The van der Waals surface area contributed by atoms with E-state index in [1.54, 1.807) is 24.3 Å². The van der Waals surface area contributed by atoms with Gasteiger partial charge in [-0.05, 0) is 174 Å². The van der Waals surface area contributed by atoms with E-state index < -0.39 is 11.4 Å². The molecular weight excluding hydrogens is 1110 g/mol. The van der Waals surface area contributed by atoms with Crippen molar-refractivity contribution in [2.45, 2.75) is 149 Å². The number of carboxylic acid groups (broad SMARTS) is 1. The number of aromatic nitrogens is 2. The van der Waals surface area contributed by atoms with Gasteiger partial charge in [0.2, 0.25) is 0 Å². The Morgan fingerprint density at radius 1 is 0.529 bits per heavy atom. The Labute approximate surface area is 523 Å². The number of fused-ring (bicyclic) bond motifs is 6. The van der Waals surface area contributed by atoms with Gasteiger partial charge in [-0.3, -0.25) is 0 Å². The average molecular weight is 1190 g/mol. The number of benzene rings is 8. The number of aromatic carboxylic acids is 1. The van der Waals surface area contributed by atoms with Crippen LogP contribution in [0, 0.1) is 11.8 Å². The van der Waals surface area contributed by atoms with Crippen LogP contribution in [-0.4, -0.2) is 33.0 Å². The fraction of sp³-hybridized carbons (Fsp3) is 0.321. The number of nitrogens with zero attached hydrogens (tertiary/aromatic N) is 3. The van der Waals surface area contributed by atoms with Gasteiger partial charge in [-0.2, -0.15) is 8.75 Å². The lowest BCUT2D eigenvalue weighted by molar-refractivity contribution is 0.0696. The van der Waals surface area contributed by atoms with E-state index in [1.807, 2.05) is 11.3 Å². The molecule has 1 N–H and O–H groups in total. The molecule has 8 aromatic carbocycles. The van der Waals surface area contributed by atoms with Gasteiger partial charge in [-0.25, -0.2) is 4.79 Å². The third-order valence-corrected chi connectivity index (χ3v) is 19.0. The first-order chi connectivity index (χ1) is 42.8. The minimum atomic E-state index is -0.963. The second-order valence-electron chi connectivity index (χ2n) is 23.4. The Morgan fingerprint density at radius 3 is 1.60 bits per heavy atom. The highest BCUT2D eigenvalue weighted by atomic mass is 32.1. The number of carbonyl (C=O) groups is 1. The minimum Gasteiger partial charge on any atom is -0.494 e. The van der Waals surface area contributed by atoms with E-state index in [1.165, 1.54) is 151 Å². The van der Waals surface area contributed by atoms with Crippen LogP contribution >= 0.6 is 23.1 Å². The average Bonchev–Trinajstić information content (AvgIpc) is 1.54. The van der Waals surface area contributed by atoms with Crippen molar-refractivity contribution >= 4 is 67.9 Å². The Balaban J connectivity index is 1.12. The van der Waals surface area contributed by atoms with Crippen LogP contribution in [0.2, 0.25) is 0 Å². The number of aryl methyl sites for hydroxylation is 2. The maximum atomic E-state index is 11.6. The summed E-state index contributed by atoms with van der Waals surface area (Å²) in [5.41, 5.74) is 15.7. The summed E-state index contributed by atoms with van der Waals surface area (Å²) in [5, 5.41) is 11.8. The summed E-state index contributed by atoms with van der Waals surface area (Å²) in [7, 11) is 0. The van der Waals surface area contributed by atoms with Crippen LogP contribution in [0.4, 0.5) is 17.1 Å². The number of unbranched alkanes of at least 4 members (excludes halogenated alkanes) is 12. The van der Waals surface area contributed by atoms with E-state index >= 15 is 0 Å². The van der Waals surface area contributed by atoms with E-state index in [4.69, 9.17) is 18.2 Å². The SMILES string of the molecule is CCCCCCOc1ccc(N(c2ccc(OCCCCCC)cc2)c2cc3c(c4ccccc24)-c2sc(-c4ccc(C#Cc5ccc(C(=O)O)cc5)c5nsnc45)cc2C3(c2ccc(CCCCCC)cc2)c2ccc(CCCCCC)cc2)cc1. The largest absolute Gasteiger partial charge is 0.494 e. The lowest BCUT2D eigenvalue weighted by Gasteiger charge is -2.35. The van der Waals surface area contributed by atoms with E-state index in [-0.39, 0.29) is 5.56 Å². The van der Waals surface area contributed by atoms with Crippen LogP contribution in [-0.2, 0) is 18.3 Å². The molecule has 0 saturated heterocycles. The summed E-state index contributed by atoms with van der Waals surface area (Å²) in [6.07, 6.45) is 21.1. The second-order valence-corrected chi connectivity index (χ2v) is 25.0. The molecule has 11 rings (SSSR count). The molecule has 0 bridgehead atoms. The van der Waals surface area contributed by atoms with E-state index in [2.05, 4.69) is 190 Å². The summed E-state index contributed by atoms with van der Waals surface area (Å²) < 4.78 is 22.6. The van der Waals surface area contributed by atoms with Crippen molar-refractivity contribution in [2.75, 3.05) is 18.1 Å². The number of hydrogen-bond acceptors (Lipinski definition) is 8. The Hall–Kier alpha value is -8.03. The standard InChI is InChI=1S/C78H81N3O4S2/c1-5-9-13-17-23-55-30-38-60(39-31-55)78(61-40-32-56(33-41-61)24-18-14-10-6-2)69-53-71(81(62-42-46-64(47-43-62)84-51-21-15-11-7-3)63-44-48-65(49-45-63)85-52-22-16-12-8-4)66-25-19-20-26-67(66)73(69)76-70(78)54-72(86-76)68-50-37-58(74-75(68)80-87-79-74)34-27-57-28-35-59(36-29-57)77(82)83/h19-20,25-26,28-33,35-50,53-54H,5-18,21-24,51-52H2,1-4H3,(H,82,83). The number of thiophene rings is 1. The van der Waals surface area contributed by atoms with Gasteiger partial charge in [0, 0.05) is 43.2 Å². The normalized spacial score (nSPS) is 12.2. The Kier molecular flexibility index (Phi) is 20.3. The number of hydrogen-bond donors (Lipinski definition) is 1. The molecule has 7 nitrogen and oxygen atoms in total. The molecule has 2 heterocycles. The first-order valence-corrected chi connectivity index (χ1v) is 33.6. The van der Waals surface area contributed by atoms with Gasteiger partial charge in [0.05, 0.1) is 47.2 Å². The predicted molar refractivity (Wildman–Crippen MR) is 365 cm³/mol. The van der Waals surface area contributed by atoms with Crippen LogP contribution in [0.15, 0.2) is 170 Å². The van der Waals surface area contributed by atoms with Crippen LogP contribution in [0.25, 0.3) is 42.7 Å². The molecule has 9 heteroatoms. The first kappa shape index (κ1) is 60.6. The summed E-state index contributed by atoms with van der Waals surface area (Å²) in [6, 6.07) is 61.7. The molecule has 0 amide bonds. The molecule has 1 aliphatic rings. The van der Waals surface area contributed by atoms with Crippen molar-refractivity contribution in [3.63, 3.8) is 0 Å². The molecular formula is C78H81N3O4S2. The lowest BCUT2D eigenvalue weighted by atomic mass is 9.67. The Morgan fingerprint density at radius 2 is 1.06 bits per heavy atom. The van der Waals surface area contributed by atoms with Crippen molar-refractivity contribution in [2.24, 2.45) is 0 Å². The third-order valence-electron chi connectivity index (χ3n) is 17.3. The molecule has 0 saturated carbocycles. The zero-order chi connectivity index (χ0) is 60.0. The van der Waals surface area contributed by atoms with Gasteiger partial charge in [-0.15, -0.1) is 11.3 Å². The predicted octanol–water partition coefficient (Wildman–Crippen LogP) is 21.7. The number of carboxylic acids is 1. The van der Waals surface area contributed by atoms with Crippen LogP contribution in [0.5, 0.6) is 11.5 Å². The molecule has 0 atom stereocenters. The summed E-state index contributed by atoms with van der Waals surface area (Å²) >= 11 is 3.05. The number of anilines is 3. The maximum absolute atomic E-state index is 11.6. The molecule has 0 aliphatic heterocycles. The van der Waals surface area contributed by atoms with Gasteiger partial charge >= 0.3 is 5.97 Å². The van der Waals surface area contributed by atoms with Gasteiger partial charge < -0.3 is 19.5 Å². The topological polar surface area (TPSA) is 84.8 Å². The quantitative estimate of drug-likeness (QED) is 0.0369. The first-order valence-electron chi connectivity index (χ1n) is 32.1. The highest BCUT2D eigenvalue weighted by Crippen LogP contribution is 2.63. The molecule has 1 aliphatic carbocycles. The van der Waals surface area contributed by atoms with Crippen molar-refractivity contribution in [3.05, 3.63) is 220 Å². The van der Waals surface area contributed by atoms with Crippen molar-refractivity contribution in [1.82, 2.24) is 8.75 Å². The summed E-state index contributed by atoms with van der Waals surface area (Å²) in [6.45, 7) is 10.5. The zero-order valence-electron chi connectivity index (χ0n) is 51.1. The van der Waals surface area contributed by atoms with Gasteiger partial charge in [0.25, 0.3) is 0 Å². The maximum Gasteiger partial charge on any atom is 0.335 e. The second kappa shape index (κ2) is 29.1. The highest BCUT2D eigenvalue weighted by molar-refractivity contribution is 7.19. The van der Waals surface area contributed by atoms with E-state index in [0.717, 1.165) is 92.2 Å². The summed E-state index contributed by atoms with van der Waals surface area (Å²) in [4.78, 5) is 16.4. The molecule has 444 valence electrons. The smallest absolute Gasteiger partial charge is 0.335 e. The minimum absolute atomic E-state index is 0.228. The van der Waals surface area contributed by atoms with E-state index in [9.17, 15) is 9.90 Å². The zero-order valence-corrected chi connectivity index (χ0v) is 52.8. The molecule has 0 radical (unpaired) electrons. The fourth-order valence-electron chi connectivity index (χ4n) is 12.6.